The zero-order chi connectivity index (χ0) is 12.4. The molecule has 3 nitrogen and oxygen atoms in total. The first-order valence-corrected chi connectivity index (χ1v) is 6.96. The summed E-state index contributed by atoms with van der Waals surface area (Å²) < 4.78 is 5.37. The SMILES string of the molecule is OC(CC1CCOCC1)c1cccc2c1NCC2. The van der Waals surface area contributed by atoms with Crippen molar-refractivity contribution in [3.05, 3.63) is 29.3 Å². The molecule has 1 fully saturated rings. The second-order valence-electron chi connectivity index (χ2n) is 5.37. The Kier molecular flexibility index (Phi) is 3.52. The molecule has 18 heavy (non-hydrogen) atoms. The van der Waals surface area contributed by atoms with Crippen molar-refractivity contribution in [3.63, 3.8) is 0 Å². The van der Waals surface area contributed by atoms with Crippen LogP contribution in [0.1, 0.15) is 36.5 Å². The molecule has 1 saturated heterocycles. The summed E-state index contributed by atoms with van der Waals surface area (Å²) in [7, 11) is 0. The van der Waals surface area contributed by atoms with Crippen LogP contribution in [-0.2, 0) is 11.2 Å². The standard InChI is InChI=1S/C15H21NO2/c17-14(10-11-5-8-18-9-6-11)13-3-1-2-12-4-7-16-15(12)13/h1-3,11,14,16-17H,4-10H2. The van der Waals surface area contributed by atoms with E-state index in [4.69, 9.17) is 4.74 Å². The number of para-hydroxylation sites is 1. The van der Waals surface area contributed by atoms with Crippen LogP contribution in [0.3, 0.4) is 0 Å². The summed E-state index contributed by atoms with van der Waals surface area (Å²) in [6.45, 7) is 2.70. The third-order valence-electron chi connectivity index (χ3n) is 4.14. The van der Waals surface area contributed by atoms with Crippen LogP contribution in [0.2, 0.25) is 0 Å². The van der Waals surface area contributed by atoms with Crippen LogP contribution >= 0.6 is 0 Å². The van der Waals surface area contributed by atoms with Crippen LogP contribution in [-0.4, -0.2) is 24.9 Å². The van der Waals surface area contributed by atoms with E-state index in [0.717, 1.165) is 51.0 Å². The van der Waals surface area contributed by atoms with E-state index in [1.165, 1.54) is 11.3 Å². The monoisotopic (exact) mass is 247 g/mol. The van der Waals surface area contributed by atoms with Gasteiger partial charge in [0.25, 0.3) is 0 Å². The third-order valence-corrected chi connectivity index (χ3v) is 4.14. The van der Waals surface area contributed by atoms with Crippen LogP contribution in [0.15, 0.2) is 18.2 Å². The number of anilines is 1. The van der Waals surface area contributed by atoms with Gasteiger partial charge in [-0.25, -0.2) is 0 Å². The summed E-state index contributed by atoms with van der Waals surface area (Å²) in [5, 5.41) is 13.9. The van der Waals surface area contributed by atoms with Crippen molar-refractivity contribution in [2.45, 2.75) is 31.8 Å². The lowest BCUT2D eigenvalue weighted by atomic mass is 9.90. The van der Waals surface area contributed by atoms with E-state index in [1.807, 2.05) is 0 Å². The van der Waals surface area contributed by atoms with Crippen LogP contribution in [0.4, 0.5) is 5.69 Å². The lowest BCUT2D eigenvalue weighted by Crippen LogP contribution is -2.18. The molecular formula is C15H21NO2. The van der Waals surface area contributed by atoms with Gasteiger partial charge in [-0.1, -0.05) is 18.2 Å². The Hall–Kier alpha value is -1.06. The Morgan fingerprint density at radius 3 is 3.00 bits per heavy atom. The topological polar surface area (TPSA) is 41.5 Å². The van der Waals surface area contributed by atoms with Gasteiger partial charge in [0.1, 0.15) is 0 Å². The molecule has 0 saturated carbocycles. The van der Waals surface area contributed by atoms with E-state index in [1.54, 1.807) is 0 Å². The number of ether oxygens (including phenoxy) is 1. The predicted octanol–water partition coefficient (Wildman–Crippen LogP) is 2.50. The average molecular weight is 247 g/mol. The van der Waals surface area contributed by atoms with E-state index in [-0.39, 0.29) is 6.10 Å². The summed E-state index contributed by atoms with van der Waals surface area (Å²) in [6, 6.07) is 6.27. The number of aliphatic hydroxyl groups excluding tert-OH is 1. The van der Waals surface area contributed by atoms with Crippen molar-refractivity contribution < 1.29 is 9.84 Å². The van der Waals surface area contributed by atoms with Gasteiger partial charge in [0.15, 0.2) is 0 Å². The van der Waals surface area contributed by atoms with Crippen molar-refractivity contribution in [2.75, 3.05) is 25.1 Å². The zero-order valence-electron chi connectivity index (χ0n) is 10.7. The van der Waals surface area contributed by atoms with Gasteiger partial charge in [0, 0.05) is 31.0 Å². The van der Waals surface area contributed by atoms with Gasteiger partial charge < -0.3 is 15.2 Å². The maximum Gasteiger partial charge on any atom is 0.0812 e. The van der Waals surface area contributed by atoms with Gasteiger partial charge in [0.2, 0.25) is 0 Å². The van der Waals surface area contributed by atoms with Crippen LogP contribution in [0, 0.1) is 5.92 Å². The Bertz CT molecular complexity index is 413. The van der Waals surface area contributed by atoms with Crippen molar-refractivity contribution >= 4 is 5.69 Å². The van der Waals surface area contributed by atoms with Crippen molar-refractivity contribution in [2.24, 2.45) is 5.92 Å². The number of hydrogen-bond acceptors (Lipinski definition) is 3. The molecule has 2 N–H and O–H groups in total. The number of benzene rings is 1. The molecule has 0 amide bonds. The third kappa shape index (κ3) is 2.38. The van der Waals surface area contributed by atoms with Crippen LogP contribution in [0.25, 0.3) is 0 Å². The van der Waals surface area contributed by atoms with Gasteiger partial charge >= 0.3 is 0 Å². The molecule has 0 bridgehead atoms. The smallest absolute Gasteiger partial charge is 0.0812 e. The second-order valence-corrected chi connectivity index (χ2v) is 5.37. The van der Waals surface area contributed by atoms with Gasteiger partial charge in [-0.3, -0.25) is 0 Å². The lowest BCUT2D eigenvalue weighted by molar-refractivity contribution is 0.0436. The summed E-state index contributed by atoms with van der Waals surface area (Å²) >= 11 is 0. The van der Waals surface area contributed by atoms with E-state index < -0.39 is 0 Å². The van der Waals surface area contributed by atoms with Gasteiger partial charge in [0.05, 0.1) is 6.10 Å². The normalized spacial score (nSPS) is 21.4. The highest BCUT2D eigenvalue weighted by molar-refractivity contribution is 5.61. The molecule has 1 aromatic rings. The van der Waals surface area contributed by atoms with Crippen molar-refractivity contribution in [1.29, 1.82) is 0 Å². The molecule has 2 aliphatic rings. The largest absolute Gasteiger partial charge is 0.388 e. The van der Waals surface area contributed by atoms with Crippen molar-refractivity contribution in [1.82, 2.24) is 0 Å². The fraction of sp³-hybridized carbons (Fsp3) is 0.600. The molecule has 1 atom stereocenters. The van der Waals surface area contributed by atoms with Gasteiger partial charge in [-0.05, 0) is 37.2 Å². The summed E-state index contributed by atoms with van der Waals surface area (Å²) in [5.41, 5.74) is 3.60. The van der Waals surface area contributed by atoms with Gasteiger partial charge in [-0.15, -0.1) is 0 Å². The molecule has 1 aromatic carbocycles. The number of nitrogens with one attached hydrogen (secondary N) is 1. The Labute approximate surface area is 108 Å². The molecule has 0 aliphatic carbocycles. The zero-order valence-corrected chi connectivity index (χ0v) is 10.7. The number of aliphatic hydroxyl groups is 1. The summed E-state index contributed by atoms with van der Waals surface area (Å²) in [5.74, 6) is 0.603. The summed E-state index contributed by atoms with van der Waals surface area (Å²) in [6.07, 6.45) is 3.77. The predicted molar refractivity (Wildman–Crippen MR) is 71.8 cm³/mol. The molecule has 98 valence electrons. The minimum Gasteiger partial charge on any atom is -0.388 e. The minimum atomic E-state index is -0.339. The first-order valence-electron chi connectivity index (χ1n) is 6.96. The van der Waals surface area contributed by atoms with E-state index >= 15 is 0 Å². The highest BCUT2D eigenvalue weighted by Crippen LogP contribution is 2.35. The maximum absolute atomic E-state index is 10.5. The maximum atomic E-state index is 10.5. The highest BCUT2D eigenvalue weighted by Gasteiger charge is 2.23. The lowest BCUT2D eigenvalue weighted by Gasteiger charge is -2.25. The Balaban J connectivity index is 1.72. The molecule has 0 radical (unpaired) electrons. The second kappa shape index (κ2) is 5.29. The molecule has 0 aromatic heterocycles. The molecule has 0 spiro atoms. The molecule has 3 heteroatoms. The van der Waals surface area contributed by atoms with Crippen molar-refractivity contribution in [3.8, 4) is 0 Å². The van der Waals surface area contributed by atoms with E-state index in [2.05, 4.69) is 23.5 Å². The fourth-order valence-electron chi connectivity index (χ4n) is 3.07. The fourth-order valence-corrected chi connectivity index (χ4v) is 3.07. The van der Waals surface area contributed by atoms with Crippen LogP contribution < -0.4 is 5.32 Å². The first kappa shape index (κ1) is 12.0. The Morgan fingerprint density at radius 1 is 1.33 bits per heavy atom. The summed E-state index contributed by atoms with van der Waals surface area (Å²) in [4.78, 5) is 0. The van der Waals surface area contributed by atoms with E-state index in [9.17, 15) is 5.11 Å². The number of fused-ring (bicyclic) bond motifs is 1. The molecule has 3 rings (SSSR count). The van der Waals surface area contributed by atoms with E-state index in [0.29, 0.717) is 5.92 Å². The van der Waals surface area contributed by atoms with Gasteiger partial charge in [-0.2, -0.15) is 0 Å². The van der Waals surface area contributed by atoms with Crippen LogP contribution in [0.5, 0.6) is 0 Å². The molecule has 2 heterocycles. The molecular weight excluding hydrogens is 226 g/mol. The highest BCUT2D eigenvalue weighted by atomic mass is 16.5. The average Bonchev–Trinajstić information content (AvgIpc) is 2.87. The minimum absolute atomic E-state index is 0.339. The molecule has 1 unspecified atom stereocenters. The number of rotatable bonds is 3. The quantitative estimate of drug-likeness (QED) is 0.862. The first-order chi connectivity index (χ1) is 8.84. The molecule has 2 aliphatic heterocycles. The number of hydrogen-bond donors (Lipinski definition) is 2. The Morgan fingerprint density at radius 2 is 2.17 bits per heavy atom.